The highest BCUT2D eigenvalue weighted by Gasteiger charge is 2.24. The van der Waals surface area contributed by atoms with E-state index in [-0.39, 0.29) is 0 Å². The minimum atomic E-state index is -1.11. The van der Waals surface area contributed by atoms with Crippen LogP contribution in [-0.4, -0.2) is 25.2 Å². The molecule has 74 valence electrons. The molecule has 6 nitrogen and oxygen atoms in total. The average Bonchev–Trinajstić information content (AvgIpc) is 2.21. The summed E-state index contributed by atoms with van der Waals surface area (Å²) in [4.78, 5) is 21.9. The van der Waals surface area contributed by atoms with Gasteiger partial charge in [0.05, 0.1) is 0 Å². The maximum atomic E-state index is 10.9. The molecule has 0 N–H and O–H groups in total. The van der Waals surface area contributed by atoms with Crippen molar-refractivity contribution in [1.29, 1.82) is 10.5 Å². The first-order chi connectivity index (χ1) is 6.63. The predicted molar refractivity (Wildman–Crippen MR) is 42.3 cm³/mol. The van der Waals surface area contributed by atoms with E-state index in [1.807, 2.05) is 0 Å². The van der Waals surface area contributed by atoms with Crippen LogP contribution < -0.4 is 0 Å². The van der Waals surface area contributed by atoms with Gasteiger partial charge in [-0.1, -0.05) is 0 Å². The minimum absolute atomic E-state index is 0.408. The van der Waals surface area contributed by atoms with Gasteiger partial charge in [0.2, 0.25) is 0 Å². The van der Waals surface area contributed by atoms with Crippen molar-refractivity contribution in [2.45, 2.75) is 6.92 Å². The second-order valence-electron chi connectivity index (χ2n) is 2.25. The zero-order valence-corrected chi connectivity index (χ0v) is 7.52. The highest BCUT2D eigenvalue weighted by atomic mass is 16.6. The van der Waals surface area contributed by atoms with E-state index < -0.39 is 31.1 Å². The molecule has 0 aromatic heterocycles. The van der Waals surface area contributed by atoms with Gasteiger partial charge in [0.25, 0.3) is 0 Å². The second-order valence-corrected chi connectivity index (χ2v) is 2.25. The molecule has 0 aliphatic carbocycles. The van der Waals surface area contributed by atoms with E-state index >= 15 is 0 Å². The van der Waals surface area contributed by atoms with Gasteiger partial charge in [-0.15, -0.1) is 0 Å². The summed E-state index contributed by atoms with van der Waals surface area (Å²) < 4.78 is 8.74. The molecule has 0 unspecified atom stereocenters. The summed E-state index contributed by atoms with van der Waals surface area (Å²) in [6.45, 7) is 0.461. The summed E-state index contributed by atoms with van der Waals surface area (Å²) in [6, 6.07) is 3.18. The van der Waals surface area contributed by atoms with Crippen molar-refractivity contribution >= 4 is 11.9 Å². The number of hydrogen-bond donors (Lipinski definition) is 0. The highest BCUT2D eigenvalue weighted by molar-refractivity contribution is 5.94. The summed E-state index contributed by atoms with van der Waals surface area (Å²) in [5.41, 5.74) is 0. The van der Waals surface area contributed by atoms with Gasteiger partial charge in [0, 0.05) is 0 Å². The molecule has 0 saturated carbocycles. The van der Waals surface area contributed by atoms with Crippen LogP contribution in [0.2, 0.25) is 0 Å². The Morgan fingerprint density at radius 1 is 1.14 bits per heavy atom. The second kappa shape index (κ2) is 6.44. The first kappa shape index (κ1) is 11.9. The van der Waals surface area contributed by atoms with Crippen LogP contribution in [0.15, 0.2) is 0 Å². The SMILES string of the molecule is CC(C(=O)OCC#N)C(=O)OCC#N. The molecule has 0 atom stereocenters. The van der Waals surface area contributed by atoms with E-state index in [4.69, 9.17) is 10.5 Å². The highest BCUT2D eigenvalue weighted by Crippen LogP contribution is 2.01. The van der Waals surface area contributed by atoms with Crippen LogP contribution in [0, 0.1) is 28.6 Å². The molecule has 0 aliphatic rings. The molecular formula is C8H8N2O4. The zero-order valence-electron chi connectivity index (χ0n) is 7.52. The van der Waals surface area contributed by atoms with Gasteiger partial charge in [-0.2, -0.15) is 10.5 Å². The largest absolute Gasteiger partial charge is 0.450 e. The monoisotopic (exact) mass is 196 g/mol. The average molecular weight is 196 g/mol. The third kappa shape index (κ3) is 4.07. The number of ether oxygens (including phenoxy) is 2. The molecule has 0 bridgehead atoms. The molecule has 0 fully saturated rings. The van der Waals surface area contributed by atoms with Crippen LogP contribution in [0.25, 0.3) is 0 Å². The molecule has 0 radical (unpaired) electrons. The predicted octanol–water partition coefficient (Wildman–Crippen LogP) is -0.244. The lowest BCUT2D eigenvalue weighted by atomic mass is 10.2. The van der Waals surface area contributed by atoms with Crippen LogP contribution in [-0.2, 0) is 19.1 Å². The number of nitriles is 2. The Hall–Kier alpha value is -2.08. The van der Waals surface area contributed by atoms with Gasteiger partial charge in [-0.25, -0.2) is 0 Å². The smallest absolute Gasteiger partial charge is 0.321 e. The Labute approximate surface area is 80.6 Å². The van der Waals surface area contributed by atoms with E-state index in [0.29, 0.717) is 0 Å². The van der Waals surface area contributed by atoms with E-state index in [1.54, 1.807) is 12.1 Å². The van der Waals surface area contributed by atoms with Gasteiger partial charge >= 0.3 is 11.9 Å². The third-order valence-corrected chi connectivity index (χ3v) is 1.27. The summed E-state index contributed by atoms with van der Waals surface area (Å²) in [5.74, 6) is -2.79. The summed E-state index contributed by atoms with van der Waals surface area (Å²) in [5, 5.41) is 16.2. The van der Waals surface area contributed by atoms with E-state index in [1.165, 1.54) is 6.92 Å². The standard InChI is InChI=1S/C8H8N2O4/c1-6(7(11)13-4-2-9)8(12)14-5-3-10/h6H,4-5H2,1H3. The Morgan fingerprint density at radius 2 is 1.50 bits per heavy atom. The van der Waals surface area contributed by atoms with Crippen molar-refractivity contribution in [2.24, 2.45) is 5.92 Å². The van der Waals surface area contributed by atoms with Gasteiger partial charge in [-0.05, 0) is 6.92 Å². The van der Waals surface area contributed by atoms with Gasteiger partial charge in [0.1, 0.15) is 12.1 Å². The molecule has 0 aliphatic heterocycles. The van der Waals surface area contributed by atoms with Gasteiger partial charge in [-0.3, -0.25) is 9.59 Å². The fourth-order valence-electron chi connectivity index (χ4n) is 0.553. The normalized spacial score (nSPS) is 8.57. The number of esters is 2. The van der Waals surface area contributed by atoms with Gasteiger partial charge in [0.15, 0.2) is 19.1 Å². The van der Waals surface area contributed by atoms with Gasteiger partial charge < -0.3 is 9.47 Å². The van der Waals surface area contributed by atoms with Crippen LogP contribution >= 0.6 is 0 Å². The van der Waals surface area contributed by atoms with Crippen molar-refractivity contribution < 1.29 is 19.1 Å². The lowest BCUT2D eigenvalue weighted by Crippen LogP contribution is -2.25. The fraction of sp³-hybridized carbons (Fsp3) is 0.500. The molecular weight excluding hydrogens is 188 g/mol. The third-order valence-electron chi connectivity index (χ3n) is 1.27. The molecule has 0 aromatic rings. The lowest BCUT2D eigenvalue weighted by molar-refractivity contribution is -0.159. The number of carbonyl (C=O) groups excluding carboxylic acids is 2. The van der Waals surface area contributed by atoms with E-state index in [0.717, 1.165) is 0 Å². The molecule has 0 heterocycles. The van der Waals surface area contributed by atoms with Crippen LogP contribution in [0.5, 0.6) is 0 Å². The molecule has 0 amide bonds. The topological polar surface area (TPSA) is 100 Å². The maximum absolute atomic E-state index is 10.9. The van der Waals surface area contributed by atoms with Crippen molar-refractivity contribution in [3.05, 3.63) is 0 Å². The number of nitrogens with zero attached hydrogens (tertiary/aromatic N) is 2. The van der Waals surface area contributed by atoms with Crippen LogP contribution in [0.1, 0.15) is 6.92 Å². The fourth-order valence-corrected chi connectivity index (χ4v) is 0.553. The first-order valence-corrected chi connectivity index (χ1v) is 3.70. The quantitative estimate of drug-likeness (QED) is 0.454. The Bertz CT molecular complexity index is 269. The summed E-state index contributed by atoms with van der Waals surface area (Å²) >= 11 is 0. The molecule has 0 aromatic carbocycles. The van der Waals surface area contributed by atoms with Crippen molar-refractivity contribution in [3.8, 4) is 12.1 Å². The Balaban J connectivity index is 4.00. The number of rotatable bonds is 4. The minimum Gasteiger partial charge on any atom is -0.450 e. The first-order valence-electron chi connectivity index (χ1n) is 3.70. The lowest BCUT2D eigenvalue weighted by Gasteiger charge is -2.07. The Kier molecular flexibility index (Phi) is 5.48. The van der Waals surface area contributed by atoms with Crippen molar-refractivity contribution in [2.75, 3.05) is 13.2 Å². The van der Waals surface area contributed by atoms with Crippen LogP contribution in [0.3, 0.4) is 0 Å². The zero-order chi connectivity index (χ0) is 11.0. The Morgan fingerprint density at radius 3 is 1.79 bits per heavy atom. The summed E-state index contributed by atoms with van der Waals surface area (Å²) in [6.07, 6.45) is 0. The molecule has 0 spiro atoms. The molecule has 0 rings (SSSR count). The van der Waals surface area contributed by atoms with Crippen LogP contribution in [0.4, 0.5) is 0 Å². The van der Waals surface area contributed by atoms with Crippen molar-refractivity contribution in [3.63, 3.8) is 0 Å². The molecule has 6 heteroatoms. The van der Waals surface area contributed by atoms with E-state index in [9.17, 15) is 9.59 Å². The number of hydrogen-bond acceptors (Lipinski definition) is 6. The molecule has 14 heavy (non-hydrogen) atoms. The summed E-state index contributed by atoms with van der Waals surface area (Å²) in [7, 11) is 0. The maximum Gasteiger partial charge on any atom is 0.321 e. The number of carbonyl (C=O) groups is 2. The van der Waals surface area contributed by atoms with Crippen molar-refractivity contribution in [1.82, 2.24) is 0 Å². The van der Waals surface area contributed by atoms with E-state index in [2.05, 4.69) is 9.47 Å². The molecule has 0 saturated heterocycles.